The molecule has 0 unspecified atom stereocenters. The van der Waals surface area contributed by atoms with Gasteiger partial charge in [0.05, 0.1) is 0 Å². The zero-order valence-corrected chi connectivity index (χ0v) is 16.7. The SMILES string of the molecule is BrC1CCC(CN(CC2CCCCC2)CC2CCCCC2)CC1. The van der Waals surface area contributed by atoms with E-state index in [1.165, 1.54) is 110 Å². The molecule has 0 aromatic carbocycles. The maximum absolute atomic E-state index is 3.83. The fourth-order valence-electron chi connectivity index (χ4n) is 5.36. The largest absolute Gasteiger partial charge is 0.303 e. The van der Waals surface area contributed by atoms with E-state index in [1.807, 2.05) is 0 Å². The van der Waals surface area contributed by atoms with E-state index in [9.17, 15) is 0 Å². The second kappa shape index (κ2) is 9.80. The van der Waals surface area contributed by atoms with Crippen LogP contribution in [0.15, 0.2) is 0 Å². The molecular weight excluding hydrogens is 346 g/mol. The maximum Gasteiger partial charge on any atom is 0.0146 e. The van der Waals surface area contributed by atoms with E-state index >= 15 is 0 Å². The van der Waals surface area contributed by atoms with E-state index < -0.39 is 0 Å². The van der Waals surface area contributed by atoms with Crippen LogP contribution in [0.25, 0.3) is 0 Å². The summed E-state index contributed by atoms with van der Waals surface area (Å²) in [6.45, 7) is 4.25. The fraction of sp³-hybridized carbons (Fsp3) is 1.00. The summed E-state index contributed by atoms with van der Waals surface area (Å²) >= 11 is 3.83. The highest BCUT2D eigenvalue weighted by Crippen LogP contribution is 2.32. The van der Waals surface area contributed by atoms with E-state index in [2.05, 4.69) is 20.8 Å². The van der Waals surface area contributed by atoms with Crippen molar-refractivity contribution in [3.8, 4) is 0 Å². The van der Waals surface area contributed by atoms with Crippen LogP contribution in [0.4, 0.5) is 0 Å². The van der Waals surface area contributed by atoms with Gasteiger partial charge in [0.2, 0.25) is 0 Å². The molecule has 0 aliphatic heterocycles. The molecule has 0 radical (unpaired) electrons. The Morgan fingerprint density at radius 3 is 1.35 bits per heavy atom. The summed E-state index contributed by atoms with van der Waals surface area (Å²) in [6, 6.07) is 0. The van der Waals surface area contributed by atoms with E-state index in [0.29, 0.717) is 0 Å². The quantitative estimate of drug-likeness (QED) is 0.479. The first-order valence-electron chi connectivity index (χ1n) is 10.7. The van der Waals surface area contributed by atoms with Crippen LogP contribution in [0.5, 0.6) is 0 Å². The van der Waals surface area contributed by atoms with E-state index in [0.717, 1.165) is 22.6 Å². The second-order valence-electron chi connectivity index (χ2n) is 8.84. The minimum absolute atomic E-state index is 0.809. The number of hydrogen-bond donors (Lipinski definition) is 0. The van der Waals surface area contributed by atoms with Crippen molar-refractivity contribution in [1.29, 1.82) is 0 Å². The van der Waals surface area contributed by atoms with Crippen LogP contribution in [-0.2, 0) is 0 Å². The van der Waals surface area contributed by atoms with E-state index in [4.69, 9.17) is 0 Å². The Balaban J connectivity index is 1.50. The number of hydrogen-bond acceptors (Lipinski definition) is 1. The van der Waals surface area contributed by atoms with Crippen molar-refractivity contribution in [1.82, 2.24) is 4.90 Å². The topological polar surface area (TPSA) is 3.24 Å². The first-order valence-corrected chi connectivity index (χ1v) is 11.6. The Labute approximate surface area is 153 Å². The predicted octanol–water partition coefficient (Wildman–Crippen LogP) is 6.40. The highest BCUT2D eigenvalue weighted by Gasteiger charge is 2.25. The summed E-state index contributed by atoms with van der Waals surface area (Å²) in [7, 11) is 0. The number of alkyl halides is 1. The summed E-state index contributed by atoms with van der Waals surface area (Å²) in [5, 5.41) is 0. The molecule has 0 N–H and O–H groups in total. The van der Waals surface area contributed by atoms with Gasteiger partial charge < -0.3 is 4.90 Å². The average molecular weight is 384 g/mol. The molecule has 3 fully saturated rings. The number of halogens is 1. The van der Waals surface area contributed by atoms with Gasteiger partial charge in [0, 0.05) is 24.5 Å². The Bertz CT molecular complexity index is 292. The third kappa shape index (κ3) is 6.34. The molecule has 23 heavy (non-hydrogen) atoms. The first-order chi connectivity index (χ1) is 11.3. The molecule has 0 atom stereocenters. The van der Waals surface area contributed by atoms with Gasteiger partial charge in [-0.05, 0) is 69.1 Å². The van der Waals surface area contributed by atoms with Gasteiger partial charge in [-0.2, -0.15) is 0 Å². The number of nitrogens with zero attached hydrogens (tertiary/aromatic N) is 1. The smallest absolute Gasteiger partial charge is 0.0146 e. The number of rotatable bonds is 6. The molecule has 3 aliphatic carbocycles. The van der Waals surface area contributed by atoms with Gasteiger partial charge in [0.25, 0.3) is 0 Å². The fourth-order valence-corrected chi connectivity index (χ4v) is 5.89. The van der Waals surface area contributed by atoms with Crippen LogP contribution >= 0.6 is 15.9 Å². The van der Waals surface area contributed by atoms with Crippen molar-refractivity contribution in [2.24, 2.45) is 17.8 Å². The summed E-state index contributed by atoms with van der Waals surface area (Å²) < 4.78 is 0. The van der Waals surface area contributed by atoms with Crippen LogP contribution in [0.3, 0.4) is 0 Å². The summed E-state index contributed by atoms with van der Waals surface area (Å²) in [6.07, 6.45) is 20.7. The molecule has 2 heteroatoms. The van der Waals surface area contributed by atoms with Crippen LogP contribution in [0, 0.1) is 17.8 Å². The Hall–Kier alpha value is 0.440. The molecule has 0 aromatic heterocycles. The average Bonchev–Trinajstić information content (AvgIpc) is 2.59. The van der Waals surface area contributed by atoms with Gasteiger partial charge in [-0.25, -0.2) is 0 Å². The Morgan fingerprint density at radius 2 is 0.913 bits per heavy atom. The lowest BCUT2D eigenvalue weighted by Crippen LogP contribution is -2.39. The normalized spacial score (nSPS) is 31.6. The third-order valence-electron chi connectivity index (χ3n) is 6.77. The van der Waals surface area contributed by atoms with Gasteiger partial charge in [0.15, 0.2) is 0 Å². The van der Waals surface area contributed by atoms with Crippen LogP contribution < -0.4 is 0 Å². The standard InChI is InChI=1S/C21H38BrN/c22-21-13-11-20(12-14-21)17-23(15-18-7-3-1-4-8-18)16-19-9-5-2-6-10-19/h18-21H,1-17H2. The van der Waals surface area contributed by atoms with Crippen molar-refractivity contribution in [3.63, 3.8) is 0 Å². The first kappa shape index (κ1) is 18.2. The highest BCUT2D eigenvalue weighted by atomic mass is 79.9. The molecule has 0 spiro atoms. The maximum atomic E-state index is 3.83. The molecule has 134 valence electrons. The van der Waals surface area contributed by atoms with Crippen molar-refractivity contribution in [2.75, 3.05) is 19.6 Å². The van der Waals surface area contributed by atoms with Crippen molar-refractivity contribution < 1.29 is 0 Å². The second-order valence-corrected chi connectivity index (χ2v) is 10.1. The van der Waals surface area contributed by atoms with Crippen molar-refractivity contribution >= 4 is 15.9 Å². The molecule has 0 amide bonds. The van der Waals surface area contributed by atoms with Crippen LogP contribution in [-0.4, -0.2) is 29.4 Å². The minimum Gasteiger partial charge on any atom is -0.303 e. The predicted molar refractivity (Wildman–Crippen MR) is 104 cm³/mol. The Morgan fingerprint density at radius 1 is 0.522 bits per heavy atom. The monoisotopic (exact) mass is 383 g/mol. The molecule has 0 bridgehead atoms. The van der Waals surface area contributed by atoms with Crippen LogP contribution in [0.2, 0.25) is 0 Å². The summed E-state index contributed by atoms with van der Waals surface area (Å²) in [4.78, 5) is 3.74. The molecule has 3 saturated carbocycles. The van der Waals surface area contributed by atoms with Gasteiger partial charge in [0.1, 0.15) is 0 Å². The lowest BCUT2D eigenvalue weighted by Gasteiger charge is -2.37. The van der Waals surface area contributed by atoms with E-state index in [-0.39, 0.29) is 0 Å². The minimum atomic E-state index is 0.809. The van der Waals surface area contributed by atoms with Gasteiger partial charge in [-0.1, -0.05) is 54.5 Å². The molecule has 0 saturated heterocycles. The molecule has 3 rings (SSSR count). The Kier molecular flexibility index (Phi) is 7.77. The van der Waals surface area contributed by atoms with E-state index in [1.54, 1.807) is 0 Å². The lowest BCUT2D eigenvalue weighted by molar-refractivity contribution is 0.129. The van der Waals surface area contributed by atoms with Crippen LogP contribution in [0.1, 0.15) is 89.9 Å². The van der Waals surface area contributed by atoms with Gasteiger partial charge >= 0.3 is 0 Å². The van der Waals surface area contributed by atoms with Gasteiger partial charge in [-0.3, -0.25) is 0 Å². The molecule has 0 aromatic rings. The summed E-state index contributed by atoms with van der Waals surface area (Å²) in [5.41, 5.74) is 0. The highest BCUT2D eigenvalue weighted by molar-refractivity contribution is 9.09. The van der Waals surface area contributed by atoms with Crippen molar-refractivity contribution in [2.45, 2.75) is 94.7 Å². The molecule has 3 aliphatic rings. The zero-order chi connectivity index (χ0) is 15.9. The van der Waals surface area contributed by atoms with Gasteiger partial charge in [-0.15, -0.1) is 0 Å². The summed E-state index contributed by atoms with van der Waals surface area (Å²) in [5.74, 6) is 3.01. The molecule has 1 nitrogen and oxygen atoms in total. The molecular formula is C21H38BrN. The zero-order valence-electron chi connectivity index (χ0n) is 15.2. The molecule has 0 heterocycles. The van der Waals surface area contributed by atoms with Crippen molar-refractivity contribution in [3.05, 3.63) is 0 Å². The third-order valence-corrected chi connectivity index (χ3v) is 7.69. The lowest BCUT2D eigenvalue weighted by atomic mass is 9.85.